The zero-order valence-electron chi connectivity index (χ0n) is 17.0. The Morgan fingerprint density at radius 1 is 1.09 bits per heavy atom. The molecule has 4 aromatic rings. The first kappa shape index (κ1) is 21.8. The molecule has 0 aliphatic heterocycles. The summed E-state index contributed by atoms with van der Waals surface area (Å²) in [6.07, 6.45) is 0. The van der Waals surface area contributed by atoms with E-state index < -0.39 is 5.91 Å². The first-order valence-corrected chi connectivity index (χ1v) is 10.5. The summed E-state index contributed by atoms with van der Waals surface area (Å²) in [6, 6.07) is 19.9. The normalized spacial score (nSPS) is 10.7. The summed E-state index contributed by atoms with van der Waals surface area (Å²) in [5.74, 6) is 1.01. The second kappa shape index (κ2) is 9.40. The molecule has 0 saturated heterocycles. The van der Waals surface area contributed by atoms with Crippen molar-refractivity contribution >= 4 is 51.3 Å². The Labute approximate surface area is 194 Å². The summed E-state index contributed by atoms with van der Waals surface area (Å²) in [5, 5.41) is 17.4. The van der Waals surface area contributed by atoms with Gasteiger partial charge in [-0.2, -0.15) is 0 Å². The quantitative estimate of drug-likeness (QED) is 0.342. The molecule has 8 heteroatoms. The monoisotopic (exact) mass is 466 g/mol. The number of anilines is 1. The fourth-order valence-corrected chi connectivity index (χ4v) is 3.72. The van der Waals surface area contributed by atoms with Gasteiger partial charge in [-0.05, 0) is 65.5 Å². The van der Waals surface area contributed by atoms with Gasteiger partial charge in [0, 0.05) is 11.3 Å². The van der Waals surface area contributed by atoms with Crippen LogP contribution < -0.4 is 15.4 Å². The molecular formula is C24H19ClN2O4S. The fraction of sp³-hybridized carbons (Fsp3) is 0.0833. The summed E-state index contributed by atoms with van der Waals surface area (Å²) in [4.78, 5) is 12.9. The Hall–Kier alpha value is -3.39. The molecule has 162 valence electrons. The maximum Gasteiger partial charge on any atom is 0.261 e. The second-order valence-electron chi connectivity index (χ2n) is 6.93. The minimum Gasteiger partial charge on any atom is -0.496 e. The minimum absolute atomic E-state index is 0.119. The van der Waals surface area contributed by atoms with E-state index in [1.165, 1.54) is 7.11 Å². The van der Waals surface area contributed by atoms with Crippen molar-refractivity contribution in [3.8, 4) is 17.1 Å². The number of amides is 1. The molecule has 1 amide bonds. The summed E-state index contributed by atoms with van der Waals surface area (Å²) >= 11 is 11.6. The smallest absolute Gasteiger partial charge is 0.261 e. The molecule has 3 N–H and O–H groups in total. The highest BCUT2D eigenvalue weighted by Crippen LogP contribution is 2.32. The van der Waals surface area contributed by atoms with Crippen LogP contribution in [-0.4, -0.2) is 23.2 Å². The van der Waals surface area contributed by atoms with Gasteiger partial charge >= 0.3 is 0 Å². The molecule has 0 saturated carbocycles. The summed E-state index contributed by atoms with van der Waals surface area (Å²) in [5.41, 5.74) is 1.61. The van der Waals surface area contributed by atoms with Crippen LogP contribution in [0.2, 0.25) is 5.02 Å². The Kier molecular flexibility index (Phi) is 6.41. The second-order valence-corrected chi connectivity index (χ2v) is 7.74. The van der Waals surface area contributed by atoms with Crippen LogP contribution in [0.5, 0.6) is 5.75 Å². The van der Waals surface area contributed by atoms with Gasteiger partial charge in [0.2, 0.25) is 0 Å². The lowest BCUT2D eigenvalue weighted by atomic mass is 10.1. The van der Waals surface area contributed by atoms with Gasteiger partial charge in [-0.1, -0.05) is 35.9 Å². The topological polar surface area (TPSA) is 83.7 Å². The predicted molar refractivity (Wildman–Crippen MR) is 129 cm³/mol. The molecule has 0 aliphatic rings. The number of aliphatic hydroxyl groups excluding tert-OH is 1. The number of methoxy groups -OCH3 is 1. The average molecular weight is 467 g/mol. The Morgan fingerprint density at radius 2 is 1.84 bits per heavy atom. The lowest BCUT2D eigenvalue weighted by Crippen LogP contribution is -2.34. The van der Waals surface area contributed by atoms with E-state index in [0.717, 1.165) is 10.8 Å². The van der Waals surface area contributed by atoms with Crippen molar-refractivity contribution in [2.45, 2.75) is 6.61 Å². The molecule has 0 spiro atoms. The van der Waals surface area contributed by atoms with Crippen molar-refractivity contribution in [1.29, 1.82) is 0 Å². The molecule has 0 aliphatic carbocycles. The fourth-order valence-electron chi connectivity index (χ4n) is 3.30. The van der Waals surface area contributed by atoms with E-state index in [4.69, 9.17) is 33.0 Å². The van der Waals surface area contributed by atoms with Gasteiger partial charge in [0.05, 0.1) is 17.7 Å². The van der Waals surface area contributed by atoms with E-state index in [0.29, 0.717) is 39.1 Å². The van der Waals surface area contributed by atoms with Gasteiger partial charge in [0.1, 0.15) is 23.9 Å². The molecule has 3 aromatic carbocycles. The van der Waals surface area contributed by atoms with E-state index in [1.807, 2.05) is 30.3 Å². The number of carbonyl (C=O) groups excluding carboxylic acids is 1. The number of rotatable bonds is 5. The zero-order chi connectivity index (χ0) is 22.7. The highest BCUT2D eigenvalue weighted by Gasteiger charge is 2.16. The summed E-state index contributed by atoms with van der Waals surface area (Å²) in [7, 11) is 1.52. The van der Waals surface area contributed by atoms with Crippen LogP contribution in [0.1, 0.15) is 16.1 Å². The number of aliphatic hydroxyl groups is 1. The van der Waals surface area contributed by atoms with E-state index in [1.54, 1.807) is 36.4 Å². The van der Waals surface area contributed by atoms with Crippen molar-refractivity contribution in [2.24, 2.45) is 0 Å². The van der Waals surface area contributed by atoms with Crippen LogP contribution in [0.15, 0.2) is 71.1 Å². The van der Waals surface area contributed by atoms with E-state index in [2.05, 4.69) is 10.6 Å². The molecule has 0 atom stereocenters. The van der Waals surface area contributed by atoms with Crippen molar-refractivity contribution in [3.05, 3.63) is 83.1 Å². The molecule has 4 rings (SSSR count). The molecule has 0 unspecified atom stereocenters. The van der Waals surface area contributed by atoms with Crippen LogP contribution in [0, 0.1) is 0 Å². The SMILES string of the molecule is COc1cc2ccccc2cc1C(=O)NC(=S)Nc1ccc(Cl)c(-c2ccc(CO)o2)c1. The van der Waals surface area contributed by atoms with Gasteiger partial charge in [0.15, 0.2) is 5.11 Å². The molecular weight excluding hydrogens is 448 g/mol. The van der Waals surface area contributed by atoms with Gasteiger partial charge in [0.25, 0.3) is 5.91 Å². The van der Waals surface area contributed by atoms with Gasteiger partial charge in [-0.3, -0.25) is 10.1 Å². The number of hydrogen-bond donors (Lipinski definition) is 3. The standard InChI is InChI=1S/C24H19ClN2O4S/c1-30-22-11-15-5-3-2-4-14(15)10-19(22)23(29)27-24(32)26-16-6-8-20(25)18(12-16)21-9-7-17(13-28)31-21/h2-12,28H,13H2,1H3,(H2,26,27,29,32). The number of halogens is 1. The molecule has 0 fully saturated rings. The predicted octanol–water partition coefficient (Wildman–Crippen LogP) is 5.38. The molecule has 1 heterocycles. The number of carbonyl (C=O) groups is 1. The Balaban J connectivity index is 1.52. The zero-order valence-corrected chi connectivity index (χ0v) is 18.6. The first-order valence-electron chi connectivity index (χ1n) is 9.67. The van der Waals surface area contributed by atoms with Crippen molar-refractivity contribution in [1.82, 2.24) is 5.32 Å². The Morgan fingerprint density at radius 3 is 2.53 bits per heavy atom. The summed E-state index contributed by atoms with van der Waals surface area (Å²) in [6.45, 7) is -0.204. The number of nitrogens with one attached hydrogen (secondary N) is 2. The van der Waals surface area contributed by atoms with E-state index >= 15 is 0 Å². The maximum atomic E-state index is 12.9. The van der Waals surface area contributed by atoms with Gasteiger partial charge < -0.3 is 19.6 Å². The third kappa shape index (κ3) is 4.60. The first-order chi connectivity index (χ1) is 15.5. The number of hydrogen-bond acceptors (Lipinski definition) is 5. The van der Waals surface area contributed by atoms with Gasteiger partial charge in [-0.25, -0.2) is 0 Å². The van der Waals surface area contributed by atoms with Crippen LogP contribution >= 0.6 is 23.8 Å². The average Bonchev–Trinajstić information content (AvgIpc) is 3.28. The third-order valence-electron chi connectivity index (χ3n) is 4.85. The largest absolute Gasteiger partial charge is 0.496 e. The molecule has 6 nitrogen and oxygen atoms in total. The third-order valence-corrected chi connectivity index (χ3v) is 5.38. The van der Waals surface area contributed by atoms with Crippen molar-refractivity contribution in [2.75, 3.05) is 12.4 Å². The maximum absolute atomic E-state index is 12.9. The number of fused-ring (bicyclic) bond motifs is 1. The minimum atomic E-state index is -0.391. The highest BCUT2D eigenvalue weighted by molar-refractivity contribution is 7.80. The van der Waals surface area contributed by atoms with Gasteiger partial charge in [-0.15, -0.1) is 0 Å². The lowest BCUT2D eigenvalue weighted by Gasteiger charge is -2.13. The van der Waals surface area contributed by atoms with Crippen LogP contribution in [0.4, 0.5) is 5.69 Å². The number of ether oxygens (including phenoxy) is 1. The van der Waals surface area contributed by atoms with Crippen LogP contribution in [0.25, 0.3) is 22.1 Å². The molecule has 0 bridgehead atoms. The van der Waals surface area contributed by atoms with E-state index in [9.17, 15) is 9.90 Å². The molecule has 0 radical (unpaired) electrons. The number of thiocarbonyl (C=S) groups is 1. The lowest BCUT2D eigenvalue weighted by molar-refractivity contribution is 0.0975. The number of furan rings is 1. The van der Waals surface area contributed by atoms with Crippen molar-refractivity contribution < 1.29 is 19.1 Å². The van der Waals surface area contributed by atoms with Crippen LogP contribution in [-0.2, 0) is 6.61 Å². The number of benzene rings is 3. The molecule has 32 heavy (non-hydrogen) atoms. The molecule has 1 aromatic heterocycles. The van der Waals surface area contributed by atoms with Crippen LogP contribution in [0.3, 0.4) is 0 Å². The Bertz CT molecular complexity index is 1320. The summed E-state index contributed by atoms with van der Waals surface area (Å²) < 4.78 is 11.0. The van der Waals surface area contributed by atoms with E-state index in [-0.39, 0.29) is 11.7 Å². The van der Waals surface area contributed by atoms with Crippen molar-refractivity contribution in [3.63, 3.8) is 0 Å². The highest BCUT2D eigenvalue weighted by atomic mass is 35.5.